The Hall–Kier alpha value is -2.01. The van der Waals surface area contributed by atoms with Gasteiger partial charge in [0.1, 0.15) is 5.75 Å². The molecule has 0 fully saturated rings. The van der Waals surface area contributed by atoms with Crippen molar-refractivity contribution in [3.05, 3.63) is 53.6 Å². The average molecular weight is 301 g/mol. The zero-order valence-corrected chi connectivity index (χ0v) is 12.3. The van der Waals surface area contributed by atoms with E-state index in [4.69, 9.17) is 4.74 Å². The number of sulfonamides is 1. The Morgan fingerprint density at radius 1 is 1.00 bits per heavy atom. The highest BCUT2D eigenvalue weighted by Crippen LogP contribution is 2.34. The van der Waals surface area contributed by atoms with Crippen LogP contribution in [0, 0.1) is 0 Å². The van der Waals surface area contributed by atoms with Crippen LogP contribution in [0.1, 0.15) is 11.1 Å². The number of fused-ring (bicyclic) bond motifs is 2. The molecule has 0 saturated carbocycles. The summed E-state index contributed by atoms with van der Waals surface area (Å²) in [5.41, 5.74) is 2.86. The third kappa shape index (κ3) is 1.92. The summed E-state index contributed by atoms with van der Waals surface area (Å²) in [7, 11) is -3.50. The smallest absolute Gasteiger partial charge is 0.264 e. The van der Waals surface area contributed by atoms with Crippen molar-refractivity contribution in [3.63, 3.8) is 0 Å². The van der Waals surface area contributed by atoms with Crippen LogP contribution in [-0.4, -0.2) is 21.6 Å². The summed E-state index contributed by atoms with van der Waals surface area (Å²) in [6.07, 6.45) is 1.54. The van der Waals surface area contributed by atoms with Crippen LogP contribution in [-0.2, 0) is 22.9 Å². The van der Waals surface area contributed by atoms with Gasteiger partial charge in [0, 0.05) is 13.0 Å². The van der Waals surface area contributed by atoms with E-state index in [-0.39, 0.29) is 0 Å². The maximum Gasteiger partial charge on any atom is 0.264 e. The van der Waals surface area contributed by atoms with Crippen molar-refractivity contribution >= 4 is 15.7 Å². The lowest BCUT2D eigenvalue weighted by Gasteiger charge is -2.19. The molecular formula is C16H15NO3S. The van der Waals surface area contributed by atoms with Crippen LogP contribution < -0.4 is 9.04 Å². The van der Waals surface area contributed by atoms with Gasteiger partial charge in [0.25, 0.3) is 10.0 Å². The zero-order chi connectivity index (χ0) is 14.4. The standard InChI is InChI=1S/C16H15NO3S/c18-21(19,14-5-6-16-13(11-14)8-10-20-16)17-9-7-12-3-1-2-4-15(12)17/h1-6,11H,7-10H2. The minimum atomic E-state index is -3.50. The number of ether oxygens (including phenoxy) is 1. The molecule has 2 heterocycles. The van der Waals surface area contributed by atoms with Gasteiger partial charge in [-0.25, -0.2) is 8.42 Å². The van der Waals surface area contributed by atoms with Gasteiger partial charge < -0.3 is 4.74 Å². The first kappa shape index (κ1) is 12.7. The Balaban J connectivity index is 1.78. The van der Waals surface area contributed by atoms with E-state index in [1.807, 2.05) is 24.3 Å². The van der Waals surface area contributed by atoms with Crippen LogP contribution in [0.25, 0.3) is 0 Å². The van der Waals surface area contributed by atoms with Crippen LogP contribution >= 0.6 is 0 Å². The lowest BCUT2D eigenvalue weighted by Crippen LogP contribution is -2.29. The molecule has 0 amide bonds. The van der Waals surface area contributed by atoms with Gasteiger partial charge in [-0.15, -0.1) is 0 Å². The minimum absolute atomic E-state index is 0.350. The Morgan fingerprint density at radius 3 is 2.76 bits per heavy atom. The molecule has 0 N–H and O–H groups in total. The van der Waals surface area contributed by atoms with Crippen molar-refractivity contribution in [1.29, 1.82) is 0 Å². The number of anilines is 1. The van der Waals surface area contributed by atoms with Crippen molar-refractivity contribution in [2.24, 2.45) is 0 Å². The quantitative estimate of drug-likeness (QED) is 0.855. The summed E-state index contributed by atoms with van der Waals surface area (Å²) in [5, 5.41) is 0. The molecule has 4 nitrogen and oxygen atoms in total. The summed E-state index contributed by atoms with van der Waals surface area (Å²) < 4.78 is 32.7. The molecule has 108 valence electrons. The van der Waals surface area contributed by atoms with Gasteiger partial charge in [0.2, 0.25) is 0 Å². The molecule has 4 rings (SSSR count). The maximum atomic E-state index is 12.9. The van der Waals surface area contributed by atoms with E-state index in [0.717, 1.165) is 35.4 Å². The molecule has 0 aromatic heterocycles. The Bertz CT molecular complexity index is 814. The summed E-state index contributed by atoms with van der Waals surface area (Å²) in [6, 6.07) is 12.8. The predicted octanol–water partition coefficient (Wildman–Crippen LogP) is 2.37. The monoisotopic (exact) mass is 301 g/mol. The molecule has 5 heteroatoms. The number of para-hydroxylation sites is 1. The van der Waals surface area contributed by atoms with Crippen LogP contribution in [0.5, 0.6) is 5.75 Å². The van der Waals surface area contributed by atoms with E-state index >= 15 is 0 Å². The van der Waals surface area contributed by atoms with Crippen LogP contribution in [0.4, 0.5) is 5.69 Å². The van der Waals surface area contributed by atoms with E-state index in [1.165, 1.54) is 4.31 Å². The third-order valence-corrected chi connectivity index (χ3v) is 5.90. The average Bonchev–Trinajstić information content (AvgIpc) is 3.13. The van der Waals surface area contributed by atoms with Crippen molar-refractivity contribution in [2.75, 3.05) is 17.5 Å². The Kier molecular flexibility index (Phi) is 2.72. The van der Waals surface area contributed by atoms with E-state index in [2.05, 4.69) is 0 Å². The van der Waals surface area contributed by atoms with E-state index in [1.54, 1.807) is 18.2 Å². The number of benzene rings is 2. The minimum Gasteiger partial charge on any atom is -0.493 e. The fourth-order valence-electron chi connectivity index (χ4n) is 3.01. The molecule has 2 aliphatic heterocycles. The number of hydrogen-bond acceptors (Lipinski definition) is 3. The number of nitrogens with zero attached hydrogens (tertiary/aromatic N) is 1. The highest BCUT2D eigenvalue weighted by Gasteiger charge is 2.31. The largest absolute Gasteiger partial charge is 0.493 e. The third-order valence-electron chi connectivity index (χ3n) is 4.09. The molecule has 2 aromatic rings. The van der Waals surface area contributed by atoms with Gasteiger partial charge in [-0.3, -0.25) is 4.31 Å². The van der Waals surface area contributed by atoms with Crippen molar-refractivity contribution in [2.45, 2.75) is 17.7 Å². The molecule has 2 aliphatic rings. The molecule has 0 bridgehead atoms. The molecule has 0 radical (unpaired) electrons. The maximum absolute atomic E-state index is 12.9. The normalized spacial score (nSPS) is 16.5. The SMILES string of the molecule is O=S(=O)(c1ccc2c(c1)CCO2)N1CCc2ccccc21. The van der Waals surface area contributed by atoms with Crippen molar-refractivity contribution in [3.8, 4) is 5.75 Å². The summed E-state index contributed by atoms with van der Waals surface area (Å²) in [5.74, 6) is 0.802. The molecule has 21 heavy (non-hydrogen) atoms. The summed E-state index contributed by atoms with van der Waals surface area (Å²) in [4.78, 5) is 0.350. The van der Waals surface area contributed by atoms with Crippen LogP contribution in [0.3, 0.4) is 0 Å². The number of hydrogen-bond donors (Lipinski definition) is 0. The first-order valence-corrected chi connectivity index (χ1v) is 8.47. The molecule has 0 saturated heterocycles. The fourth-order valence-corrected chi connectivity index (χ4v) is 4.56. The Morgan fingerprint density at radius 2 is 1.86 bits per heavy atom. The molecule has 0 atom stereocenters. The first-order valence-electron chi connectivity index (χ1n) is 7.03. The van der Waals surface area contributed by atoms with Gasteiger partial charge in [0.05, 0.1) is 17.2 Å². The van der Waals surface area contributed by atoms with Gasteiger partial charge in [-0.2, -0.15) is 0 Å². The molecule has 2 aromatic carbocycles. The lowest BCUT2D eigenvalue weighted by molar-refractivity contribution is 0.356. The molecular weight excluding hydrogens is 286 g/mol. The van der Waals surface area contributed by atoms with E-state index in [9.17, 15) is 8.42 Å². The second kappa shape index (κ2) is 4.49. The topological polar surface area (TPSA) is 46.6 Å². The van der Waals surface area contributed by atoms with Crippen molar-refractivity contribution < 1.29 is 13.2 Å². The summed E-state index contributed by atoms with van der Waals surface area (Å²) >= 11 is 0. The lowest BCUT2D eigenvalue weighted by atomic mass is 10.2. The van der Waals surface area contributed by atoms with Gasteiger partial charge in [-0.05, 0) is 41.8 Å². The predicted molar refractivity (Wildman–Crippen MR) is 80.3 cm³/mol. The molecule has 0 aliphatic carbocycles. The fraction of sp³-hybridized carbons (Fsp3) is 0.250. The van der Waals surface area contributed by atoms with Crippen molar-refractivity contribution in [1.82, 2.24) is 0 Å². The highest BCUT2D eigenvalue weighted by atomic mass is 32.2. The molecule has 0 spiro atoms. The second-order valence-corrected chi connectivity index (χ2v) is 7.19. The number of rotatable bonds is 2. The van der Waals surface area contributed by atoms with E-state index < -0.39 is 10.0 Å². The van der Waals surface area contributed by atoms with Crippen LogP contribution in [0.2, 0.25) is 0 Å². The zero-order valence-electron chi connectivity index (χ0n) is 11.5. The highest BCUT2D eigenvalue weighted by molar-refractivity contribution is 7.92. The van der Waals surface area contributed by atoms with Gasteiger partial charge in [-0.1, -0.05) is 18.2 Å². The Labute approximate surface area is 124 Å². The van der Waals surface area contributed by atoms with Gasteiger partial charge in [0.15, 0.2) is 0 Å². The van der Waals surface area contributed by atoms with Crippen LogP contribution in [0.15, 0.2) is 47.4 Å². The first-order chi connectivity index (χ1) is 10.2. The van der Waals surface area contributed by atoms with E-state index in [0.29, 0.717) is 18.0 Å². The summed E-state index contributed by atoms with van der Waals surface area (Å²) in [6.45, 7) is 1.14. The second-order valence-electron chi connectivity index (χ2n) is 5.32. The van der Waals surface area contributed by atoms with Gasteiger partial charge >= 0.3 is 0 Å². The molecule has 0 unspecified atom stereocenters.